The van der Waals surface area contributed by atoms with Crippen LogP contribution in [0.3, 0.4) is 0 Å². The van der Waals surface area contributed by atoms with E-state index in [1.807, 2.05) is 18.2 Å². The van der Waals surface area contributed by atoms with Crippen LogP contribution in [0.25, 0.3) is 0 Å². The standard InChI is InChI=1S/C13H18O2.CH4O/c1-2-3-4-6-11-7-5-8-12(9-11)10-13(14)15;1-2/h5,7-9H,2-4,6,10H2,1H3,(H,14,15);2H,1H3. The number of benzene rings is 1. The molecule has 0 aliphatic carbocycles. The van der Waals surface area contributed by atoms with Gasteiger partial charge in [0.2, 0.25) is 0 Å². The van der Waals surface area contributed by atoms with Gasteiger partial charge in [-0.3, -0.25) is 4.79 Å². The van der Waals surface area contributed by atoms with Gasteiger partial charge in [0.15, 0.2) is 0 Å². The summed E-state index contributed by atoms with van der Waals surface area (Å²) >= 11 is 0. The summed E-state index contributed by atoms with van der Waals surface area (Å²) in [5, 5.41) is 15.7. The molecule has 1 aromatic carbocycles. The van der Waals surface area contributed by atoms with Gasteiger partial charge in [0.25, 0.3) is 0 Å². The van der Waals surface area contributed by atoms with Crippen LogP contribution in [0.4, 0.5) is 0 Å². The Labute approximate surface area is 103 Å². The molecule has 0 fully saturated rings. The van der Waals surface area contributed by atoms with Crippen molar-refractivity contribution in [2.24, 2.45) is 0 Å². The molecule has 3 nitrogen and oxygen atoms in total. The fraction of sp³-hybridized carbons (Fsp3) is 0.500. The van der Waals surface area contributed by atoms with Crippen molar-refractivity contribution in [3.8, 4) is 0 Å². The zero-order valence-electron chi connectivity index (χ0n) is 10.6. The first kappa shape index (κ1) is 15.7. The quantitative estimate of drug-likeness (QED) is 0.749. The number of aliphatic hydroxyl groups is 1. The molecule has 0 spiro atoms. The normalized spacial score (nSPS) is 9.35. The summed E-state index contributed by atoms with van der Waals surface area (Å²) in [6.45, 7) is 2.18. The van der Waals surface area contributed by atoms with E-state index in [4.69, 9.17) is 10.2 Å². The lowest BCUT2D eigenvalue weighted by atomic mass is 10.0. The summed E-state index contributed by atoms with van der Waals surface area (Å²) in [4.78, 5) is 10.5. The summed E-state index contributed by atoms with van der Waals surface area (Å²) in [6, 6.07) is 7.89. The molecule has 0 saturated carbocycles. The number of hydrogen-bond donors (Lipinski definition) is 2. The zero-order valence-corrected chi connectivity index (χ0v) is 10.6. The van der Waals surface area contributed by atoms with Gasteiger partial charge in [-0.15, -0.1) is 0 Å². The summed E-state index contributed by atoms with van der Waals surface area (Å²) in [6.07, 6.45) is 4.83. The molecule has 0 unspecified atom stereocenters. The minimum Gasteiger partial charge on any atom is -0.481 e. The van der Waals surface area contributed by atoms with Crippen LogP contribution in [0, 0.1) is 0 Å². The van der Waals surface area contributed by atoms with E-state index in [9.17, 15) is 4.79 Å². The van der Waals surface area contributed by atoms with Crippen LogP contribution >= 0.6 is 0 Å². The smallest absolute Gasteiger partial charge is 0.307 e. The Bertz CT molecular complexity index is 321. The van der Waals surface area contributed by atoms with Gasteiger partial charge in [-0.1, -0.05) is 44.0 Å². The molecule has 1 aromatic rings. The van der Waals surface area contributed by atoms with Gasteiger partial charge in [-0.2, -0.15) is 0 Å². The van der Waals surface area contributed by atoms with Crippen molar-refractivity contribution in [3.63, 3.8) is 0 Å². The predicted octanol–water partition coefficient (Wildman–Crippen LogP) is 2.65. The van der Waals surface area contributed by atoms with E-state index in [2.05, 4.69) is 13.0 Å². The lowest BCUT2D eigenvalue weighted by Gasteiger charge is -2.03. The average Bonchev–Trinajstić information content (AvgIpc) is 2.32. The van der Waals surface area contributed by atoms with Crippen LogP contribution in [0.2, 0.25) is 0 Å². The van der Waals surface area contributed by atoms with E-state index >= 15 is 0 Å². The van der Waals surface area contributed by atoms with Crippen molar-refractivity contribution in [2.45, 2.75) is 39.0 Å². The van der Waals surface area contributed by atoms with Crippen LogP contribution in [0.5, 0.6) is 0 Å². The number of carboxylic acids is 1. The third kappa shape index (κ3) is 7.53. The second-order valence-electron chi connectivity index (χ2n) is 3.85. The van der Waals surface area contributed by atoms with Gasteiger partial charge in [-0.05, 0) is 24.0 Å². The first-order valence-electron chi connectivity index (χ1n) is 5.96. The summed E-state index contributed by atoms with van der Waals surface area (Å²) in [5.74, 6) is -0.763. The molecular weight excluding hydrogens is 216 g/mol. The van der Waals surface area contributed by atoms with Crippen molar-refractivity contribution in [2.75, 3.05) is 7.11 Å². The number of rotatable bonds is 6. The minimum absolute atomic E-state index is 0.127. The lowest BCUT2D eigenvalue weighted by Crippen LogP contribution is -2.00. The number of aliphatic carboxylic acids is 1. The molecule has 3 heteroatoms. The van der Waals surface area contributed by atoms with Crippen LogP contribution in [-0.2, 0) is 17.6 Å². The van der Waals surface area contributed by atoms with Crippen molar-refractivity contribution in [1.29, 1.82) is 0 Å². The van der Waals surface area contributed by atoms with E-state index in [-0.39, 0.29) is 6.42 Å². The fourth-order valence-corrected chi connectivity index (χ4v) is 1.65. The number of carbonyl (C=O) groups is 1. The molecule has 0 bridgehead atoms. The Morgan fingerprint density at radius 2 is 1.82 bits per heavy atom. The maximum Gasteiger partial charge on any atom is 0.307 e. The summed E-state index contributed by atoms with van der Waals surface area (Å²) < 4.78 is 0. The summed E-state index contributed by atoms with van der Waals surface area (Å²) in [7, 11) is 1.00. The van der Waals surface area contributed by atoms with E-state index in [0.717, 1.165) is 19.1 Å². The maximum absolute atomic E-state index is 10.5. The second kappa shape index (κ2) is 9.85. The second-order valence-corrected chi connectivity index (χ2v) is 3.85. The third-order valence-electron chi connectivity index (χ3n) is 2.42. The van der Waals surface area contributed by atoms with Crippen molar-refractivity contribution < 1.29 is 15.0 Å². The largest absolute Gasteiger partial charge is 0.481 e. The van der Waals surface area contributed by atoms with Crippen LogP contribution in [0.1, 0.15) is 37.3 Å². The number of aliphatic hydroxyl groups excluding tert-OH is 1. The topological polar surface area (TPSA) is 57.5 Å². The molecule has 0 atom stereocenters. The van der Waals surface area contributed by atoms with Crippen molar-refractivity contribution in [1.82, 2.24) is 0 Å². The van der Waals surface area contributed by atoms with Gasteiger partial charge < -0.3 is 10.2 Å². The Morgan fingerprint density at radius 1 is 1.18 bits per heavy atom. The Balaban J connectivity index is 0.00000121. The lowest BCUT2D eigenvalue weighted by molar-refractivity contribution is -0.136. The first-order chi connectivity index (χ1) is 8.22. The van der Waals surface area contributed by atoms with E-state index < -0.39 is 5.97 Å². The minimum atomic E-state index is -0.763. The molecule has 0 radical (unpaired) electrons. The highest BCUT2D eigenvalue weighted by Crippen LogP contribution is 2.10. The molecule has 0 amide bonds. The predicted molar refractivity (Wildman–Crippen MR) is 69.2 cm³/mol. The summed E-state index contributed by atoms with van der Waals surface area (Å²) in [5.41, 5.74) is 2.15. The molecule has 2 N–H and O–H groups in total. The molecule has 0 aromatic heterocycles. The first-order valence-corrected chi connectivity index (χ1v) is 5.96. The molecule has 96 valence electrons. The molecule has 1 rings (SSSR count). The van der Waals surface area contributed by atoms with Crippen LogP contribution in [-0.4, -0.2) is 23.3 Å². The highest BCUT2D eigenvalue weighted by atomic mass is 16.4. The van der Waals surface area contributed by atoms with Crippen LogP contribution < -0.4 is 0 Å². The molecule has 0 aliphatic rings. The van der Waals surface area contributed by atoms with Crippen LogP contribution in [0.15, 0.2) is 24.3 Å². The number of carboxylic acid groups (broad SMARTS) is 1. The Kier molecular flexibility index (Phi) is 9.06. The number of hydrogen-bond acceptors (Lipinski definition) is 2. The zero-order chi connectivity index (χ0) is 13.1. The maximum atomic E-state index is 10.5. The van der Waals surface area contributed by atoms with Gasteiger partial charge in [0.1, 0.15) is 0 Å². The molecule has 0 saturated heterocycles. The van der Waals surface area contributed by atoms with Crippen molar-refractivity contribution in [3.05, 3.63) is 35.4 Å². The SMILES string of the molecule is CCCCCc1cccc(CC(=O)O)c1.CO. The van der Waals surface area contributed by atoms with Gasteiger partial charge >= 0.3 is 5.97 Å². The van der Waals surface area contributed by atoms with Crippen molar-refractivity contribution >= 4 is 5.97 Å². The Morgan fingerprint density at radius 3 is 2.41 bits per heavy atom. The van der Waals surface area contributed by atoms with E-state index in [1.54, 1.807) is 0 Å². The van der Waals surface area contributed by atoms with Gasteiger partial charge in [0, 0.05) is 7.11 Å². The molecule has 0 heterocycles. The van der Waals surface area contributed by atoms with Gasteiger partial charge in [-0.25, -0.2) is 0 Å². The monoisotopic (exact) mass is 238 g/mol. The number of unbranched alkanes of at least 4 members (excludes halogenated alkanes) is 2. The highest BCUT2D eigenvalue weighted by Gasteiger charge is 2.01. The highest BCUT2D eigenvalue weighted by molar-refractivity contribution is 5.70. The number of aryl methyl sites for hydroxylation is 1. The van der Waals surface area contributed by atoms with E-state index in [0.29, 0.717) is 0 Å². The molecule has 17 heavy (non-hydrogen) atoms. The molecule has 0 aliphatic heterocycles. The van der Waals surface area contributed by atoms with Gasteiger partial charge in [0.05, 0.1) is 6.42 Å². The third-order valence-corrected chi connectivity index (χ3v) is 2.42. The van der Waals surface area contributed by atoms with E-state index in [1.165, 1.54) is 24.8 Å². The Hall–Kier alpha value is -1.35. The molecular formula is C14H22O3. The fourth-order valence-electron chi connectivity index (χ4n) is 1.65. The average molecular weight is 238 g/mol.